The first-order valence-electron chi connectivity index (χ1n) is 10.9. The van der Waals surface area contributed by atoms with Crippen LogP contribution in [-0.4, -0.2) is 40.7 Å². The normalized spacial score (nSPS) is 10.9. The van der Waals surface area contributed by atoms with E-state index >= 15 is 0 Å². The summed E-state index contributed by atoms with van der Waals surface area (Å²) in [5.41, 5.74) is 5.20. The van der Waals surface area contributed by atoms with Crippen molar-refractivity contribution in [2.24, 2.45) is 5.92 Å². The zero-order valence-electron chi connectivity index (χ0n) is 19.5. The summed E-state index contributed by atoms with van der Waals surface area (Å²) < 4.78 is 12.1. The Kier molecular flexibility index (Phi) is 8.20. The van der Waals surface area contributed by atoms with E-state index < -0.39 is 17.2 Å². The monoisotopic (exact) mass is 467 g/mol. The molecule has 3 rings (SSSR count). The molecule has 180 valence electrons. The largest absolute Gasteiger partial charge is 0.456 e. The lowest BCUT2D eigenvalue weighted by Gasteiger charge is -2.25. The number of aromatic nitrogens is 3. The quantitative estimate of drug-likeness (QED) is 0.438. The van der Waals surface area contributed by atoms with E-state index in [1.807, 2.05) is 13.8 Å². The first-order valence-corrected chi connectivity index (χ1v) is 10.9. The molecule has 3 aromatic rings. The number of pyridine rings is 1. The van der Waals surface area contributed by atoms with Crippen LogP contribution in [0.4, 0.5) is 11.5 Å². The summed E-state index contributed by atoms with van der Waals surface area (Å²) in [5, 5.41) is 0. The van der Waals surface area contributed by atoms with E-state index in [4.69, 9.17) is 15.2 Å². The van der Waals surface area contributed by atoms with Gasteiger partial charge in [0.2, 0.25) is 0 Å². The molecular formula is C24H29N5O5. The SMILES string of the molecule is COCCCN(C(=O)c1ccc(Oc2cccnc2)cc1)c1c(N)n(CC(C)C)c(=O)[nH]c1=O. The highest BCUT2D eigenvalue weighted by Gasteiger charge is 2.25. The fourth-order valence-electron chi connectivity index (χ4n) is 3.43. The van der Waals surface area contributed by atoms with Crippen LogP contribution in [0.2, 0.25) is 0 Å². The second-order valence-electron chi connectivity index (χ2n) is 8.12. The highest BCUT2D eigenvalue weighted by Crippen LogP contribution is 2.24. The van der Waals surface area contributed by atoms with Gasteiger partial charge in [-0.2, -0.15) is 0 Å². The summed E-state index contributed by atoms with van der Waals surface area (Å²) in [5.74, 6) is 0.706. The summed E-state index contributed by atoms with van der Waals surface area (Å²) in [6.45, 7) is 4.70. The lowest BCUT2D eigenvalue weighted by Crippen LogP contribution is -2.42. The summed E-state index contributed by atoms with van der Waals surface area (Å²) >= 11 is 0. The van der Waals surface area contributed by atoms with Crippen LogP contribution in [0.1, 0.15) is 30.6 Å². The van der Waals surface area contributed by atoms with E-state index in [9.17, 15) is 14.4 Å². The number of anilines is 2. The van der Waals surface area contributed by atoms with Gasteiger partial charge in [0.25, 0.3) is 11.5 Å². The van der Waals surface area contributed by atoms with Crippen molar-refractivity contribution < 1.29 is 14.3 Å². The van der Waals surface area contributed by atoms with Crippen LogP contribution < -0.4 is 26.6 Å². The number of nitrogens with zero attached hydrogens (tertiary/aromatic N) is 3. The maximum atomic E-state index is 13.5. The minimum Gasteiger partial charge on any atom is -0.456 e. The first-order chi connectivity index (χ1) is 16.3. The van der Waals surface area contributed by atoms with E-state index in [-0.39, 0.29) is 24.0 Å². The topological polar surface area (TPSA) is 133 Å². The number of nitrogen functional groups attached to an aromatic ring is 1. The number of ether oxygens (including phenoxy) is 2. The van der Waals surface area contributed by atoms with Gasteiger partial charge in [-0.05, 0) is 48.7 Å². The van der Waals surface area contributed by atoms with Crippen LogP contribution in [-0.2, 0) is 11.3 Å². The maximum absolute atomic E-state index is 13.5. The third-order valence-corrected chi connectivity index (χ3v) is 4.98. The van der Waals surface area contributed by atoms with Crippen molar-refractivity contribution in [3.63, 3.8) is 0 Å². The number of hydrogen-bond donors (Lipinski definition) is 2. The molecule has 1 amide bonds. The van der Waals surface area contributed by atoms with Gasteiger partial charge in [-0.15, -0.1) is 0 Å². The summed E-state index contributed by atoms with van der Waals surface area (Å²) in [4.78, 5) is 46.2. The lowest BCUT2D eigenvalue weighted by atomic mass is 10.1. The predicted octanol–water partition coefficient (Wildman–Crippen LogP) is 2.65. The van der Waals surface area contributed by atoms with Crippen LogP contribution in [0.3, 0.4) is 0 Å². The van der Waals surface area contributed by atoms with Crippen molar-refractivity contribution in [2.75, 3.05) is 30.9 Å². The number of hydrogen-bond acceptors (Lipinski definition) is 7. The average molecular weight is 468 g/mol. The zero-order valence-corrected chi connectivity index (χ0v) is 19.5. The van der Waals surface area contributed by atoms with Crippen LogP contribution in [0, 0.1) is 5.92 Å². The Balaban J connectivity index is 1.95. The molecule has 0 fully saturated rings. The highest BCUT2D eigenvalue weighted by atomic mass is 16.5. The minimum atomic E-state index is -0.718. The Morgan fingerprint density at radius 2 is 1.91 bits per heavy atom. The molecule has 0 aliphatic heterocycles. The van der Waals surface area contributed by atoms with Crippen LogP contribution in [0.15, 0.2) is 58.4 Å². The number of benzene rings is 1. The van der Waals surface area contributed by atoms with Crippen molar-refractivity contribution in [2.45, 2.75) is 26.8 Å². The van der Waals surface area contributed by atoms with Crippen molar-refractivity contribution in [1.29, 1.82) is 0 Å². The van der Waals surface area contributed by atoms with Crippen LogP contribution in [0.25, 0.3) is 0 Å². The third kappa shape index (κ3) is 5.90. The van der Waals surface area contributed by atoms with Gasteiger partial charge in [0.1, 0.15) is 17.3 Å². The number of amides is 1. The number of nitrogens with one attached hydrogen (secondary N) is 1. The molecule has 0 bridgehead atoms. The second-order valence-corrected chi connectivity index (χ2v) is 8.12. The van der Waals surface area contributed by atoms with Crippen molar-refractivity contribution >= 4 is 17.4 Å². The molecule has 2 heterocycles. The van der Waals surface area contributed by atoms with Crippen LogP contribution >= 0.6 is 0 Å². The molecule has 0 aliphatic rings. The average Bonchev–Trinajstić information content (AvgIpc) is 2.81. The molecule has 1 aromatic carbocycles. The number of carbonyl (C=O) groups excluding carboxylic acids is 1. The second kappa shape index (κ2) is 11.3. The zero-order chi connectivity index (χ0) is 24.7. The van der Waals surface area contributed by atoms with Gasteiger partial charge < -0.3 is 20.1 Å². The first kappa shape index (κ1) is 24.7. The Morgan fingerprint density at radius 1 is 1.18 bits per heavy atom. The Hall–Kier alpha value is -3.92. The fourth-order valence-corrected chi connectivity index (χ4v) is 3.43. The standard InChI is InChI=1S/C24H29N5O5/c1-16(2)15-29-21(25)20(22(30)27-24(29)32)28(12-5-13-33-3)23(31)17-7-9-18(10-8-17)34-19-6-4-11-26-14-19/h4,6-11,14,16H,5,12-13,15,25H2,1-3H3,(H,27,30,32). The maximum Gasteiger partial charge on any atom is 0.330 e. The van der Waals surface area contributed by atoms with E-state index in [2.05, 4.69) is 9.97 Å². The van der Waals surface area contributed by atoms with Gasteiger partial charge in [-0.3, -0.25) is 24.1 Å². The van der Waals surface area contributed by atoms with E-state index in [0.717, 1.165) is 0 Å². The van der Waals surface area contributed by atoms with E-state index in [0.29, 0.717) is 36.6 Å². The molecule has 0 spiro atoms. The number of carbonyl (C=O) groups is 1. The predicted molar refractivity (Wildman–Crippen MR) is 129 cm³/mol. The Labute approximate surface area is 197 Å². The van der Waals surface area contributed by atoms with Gasteiger partial charge in [-0.1, -0.05) is 13.8 Å². The molecule has 10 nitrogen and oxygen atoms in total. The molecule has 2 aromatic heterocycles. The molecule has 34 heavy (non-hydrogen) atoms. The summed E-state index contributed by atoms with van der Waals surface area (Å²) in [6.07, 6.45) is 3.69. The number of H-pyrrole nitrogens is 1. The molecule has 3 N–H and O–H groups in total. The van der Waals surface area contributed by atoms with Crippen LogP contribution in [0.5, 0.6) is 11.5 Å². The smallest absolute Gasteiger partial charge is 0.330 e. The van der Waals surface area contributed by atoms with E-state index in [1.165, 1.54) is 9.47 Å². The van der Waals surface area contributed by atoms with Gasteiger partial charge in [-0.25, -0.2) is 4.79 Å². The third-order valence-electron chi connectivity index (χ3n) is 4.98. The van der Waals surface area contributed by atoms with Gasteiger partial charge in [0, 0.05) is 38.6 Å². The van der Waals surface area contributed by atoms with Crippen molar-refractivity contribution in [3.8, 4) is 11.5 Å². The molecular weight excluding hydrogens is 438 g/mol. The molecule has 0 saturated heterocycles. The molecule has 0 atom stereocenters. The van der Waals surface area contributed by atoms with Gasteiger partial charge >= 0.3 is 5.69 Å². The molecule has 0 radical (unpaired) electrons. The Bertz CT molecular complexity index is 1220. The van der Waals surface area contributed by atoms with Crippen molar-refractivity contribution in [1.82, 2.24) is 14.5 Å². The fraction of sp³-hybridized carbons (Fsp3) is 0.333. The molecule has 0 aliphatic carbocycles. The summed E-state index contributed by atoms with van der Waals surface area (Å²) in [6, 6.07) is 10.0. The van der Waals surface area contributed by atoms with Crippen molar-refractivity contribution in [3.05, 3.63) is 75.2 Å². The van der Waals surface area contributed by atoms with Gasteiger partial charge in [0.05, 0.1) is 6.20 Å². The summed E-state index contributed by atoms with van der Waals surface area (Å²) in [7, 11) is 1.55. The number of aromatic amines is 1. The van der Waals surface area contributed by atoms with Gasteiger partial charge in [0.15, 0.2) is 5.69 Å². The number of nitrogens with two attached hydrogens (primary N) is 1. The molecule has 0 unspecified atom stereocenters. The lowest BCUT2D eigenvalue weighted by molar-refractivity contribution is 0.0983. The number of rotatable bonds is 10. The highest BCUT2D eigenvalue weighted by molar-refractivity contribution is 6.07. The minimum absolute atomic E-state index is 0.0512. The number of methoxy groups -OCH3 is 1. The molecule has 0 saturated carbocycles. The molecule has 10 heteroatoms. The van der Waals surface area contributed by atoms with E-state index in [1.54, 1.807) is 55.9 Å². The Morgan fingerprint density at radius 3 is 2.53 bits per heavy atom.